The van der Waals surface area contributed by atoms with Crippen molar-refractivity contribution in [2.24, 2.45) is 11.5 Å². The van der Waals surface area contributed by atoms with Gasteiger partial charge in [-0.15, -0.1) is 0 Å². The van der Waals surface area contributed by atoms with E-state index in [1.807, 2.05) is 0 Å². The van der Waals surface area contributed by atoms with Gasteiger partial charge in [0.2, 0.25) is 11.8 Å². The van der Waals surface area contributed by atoms with Crippen LogP contribution in [0, 0.1) is 0 Å². The van der Waals surface area contributed by atoms with E-state index in [1.54, 1.807) is 0 Å². The van der Waals surface area contributed by atoms with Gasteiger partial charge in [-0.2, -0.15) is 0 Å². The van der Waals surface area contributed by atoms with Crippen LogP contribution >= 0.6 is 0 Å². The van der Waals surface area contributed by atoms with E-state index in [2.05, 4.69) is 0 Å². The Morgan fingerprint density at radius 3 is 2.36 bits per heavy atom. The zero-order valence-electron chi connectivity index (χ0n) is 8.82. The number of rotatable bonds is 5. The highest BCUT2D eigenvalue weighted by Gasteiger charge is 2.19. The van der Waals surface area contributed by atoms with Crippen LogP contribution < -0.4 is 11.5 Å². The van der Waals surface area contributed by atoms with E-state index in [-0.39, 0.29) is 11.8 Å². The van der Waals surface area contributed by atoms with Crippen molar-refractivity contribution in [2.75, 3.05) is 13.6 Å². The van der Waals surface area contributed by atoms with Crippen molar-refractivity contribution in [1.82, 2.24) is 4.90 Å². The first-order chi connectivity index (χ1) is 6.50. The number of imide groups is 1. The van der Waals surface area contributed by atoms with Crippen LogP contribution in [0.2, 0.25) is 0 Å². The molecule has 0 saturated carbocycles. The Bertz CT molecular complexity index is 206. The number of unbranched alkanes of at least 4 members (excludes halogenated alkanes) is 1. The molecular formula is C9H19N3O2. The maximum absolute atomic E-state index is 11.4. The Balaban J connectivity index is 3.92. The number of amides is 2. The van der Waals surface area contributed by atoms with Crippen LogP contribution in [0.5, 0.6) is 0 Å². The molecule has 0 aliphatic carbocycles. The zero-order valence-corrected chi connectivity index (χ0v) is 8.82. The fraction of sp³-hybridized carbons (Fsp3) is 0.778. The molecule has 0 radical (unpaired) electrons. The molecule has 5 heteroatoms. The van der Waals surface area contributed by atoms with E-state index in [0.29, 0.717) is 13.0 Å². The molecular weight excluding hydrogens is 182 g/mol. The van der Waals surface area contributed by atoms with Crippen molar-refractivity contribution in [1.29, 1.82) is 0 Å². The molecule has 0 bridgehead atoms. The number of hydrogen-bond acceptors (Lipinski definition) is 4. The second kappa shape index (κ2) is 6.50. The van der Waals surface area contributed by atoms with Gasteiger partial charge < -0.3 is 11.5 Å². The van der Waals surface area contributed by atoms with Crippen molar-refractivity contribution >= 4 is 11.8 Å². The summed E-state index contributed by atoms with van der Waals surface area (Å²) in [6.45, 7) is 1.94. The molecule has 0 aliphatic rings. The molecule has 0 rings (SSSR count). The van der Waals surface area contributed by atoms with Crippen LogP contribution in [0.4, 0.5) is 0 Å². The molecule has 0 aromatic heterocycles. The molecule has 0 saturated heterocycles. The van der Waals surface area contributed by atoms with Crippen LogP contribution in [0.1, 0.15) is 26.2 Å². The average Bonchev–Trinajstić information content (AvgIpc) is 2.15. The van der Waals surface area contributed by atoms with Crippen molar-refractivity contribution in [3.8, 4) is 0 Å². The third kappa shape index (κ3) is 4.34. The molecule has 14 heavy (non-hydrogen) atoms. The van der Waals surface area contributed by atoms with E-state index in [9.17, 15) is 9.59 Å². The van der Waals surface area contributed by atoms with Crippen molar-refractivity contribution in [2.45, 2.75) is 32.2 Å². The van der Waals surface area contributed by atoms with Gasteiger partial charge in [-0.1, -0.05) is 6.42 Å². The average molecular weight is 201 g/mol. The van der Waals surface area contributed by atoms with E-state index < -0.39 is 6.04 Å². The Morgan fingerprint density at radius 1 is 1.36 bits per heavy atom. The first-order valence-corrected chi connectivity index (χ1v) is 4.74. The summed E-state index contributed by atoms with van der Waals surface area (Å²) in [5, 5.41) is 0. The predicted molar refractivity (Wildman–Crippen MR) is 54.3 cm³/mol. The minimum absolute atomic E-state index is 0.288. The maximum Gasteiger partial charge on any atom is 0.245 e. The molecule has 2 amide bonds. The van der Waals surface area contributed by atoms with E-state index in [0.717, 1.165) is 17.7 Å². The Labute approximate surface area is 84.4 Å². The molecule has 0 aromatic carbocycles. The van der Waals surface area contributed by atoms with Gasteiger partial charge in [-0.25, -0.2) is 0 Å². The number of carbonyl (C=O) groups excluding carboxylic acids is 2. The van der Waals surface area contributed by atoms with Gasteiger partial charge in [0.25, 0.3) is 0 Å². The quantitative estimate of drug-likeness (QED) is 0.584. The first-order valence-electron chi connectivity index (χ1n) is 4.74. The summed E-state index contributed by atoms with van der Waals surface area (Å²) in [5.74, 6) is -0.612. The van der Waals surface area contributed by atoms with Gasteiger partial charge in [-0.05, 0) is 19.4 Å². The van der Waals surface area contributed by atoms with Crippen LogP contribution in [-0.4, -0.2) is 36.3 Å². The van der Waals surface area contributed by atoms with Gasteiger partial charge in [0.1, 0.15) is 0 Å². The first kappa shape index (κ1) is 13.1. The molecule has 0 fully saturated rings. The SMILES string of the molecule is CC(=O)N(C)C(=O)[C@@H](N)CCCCN. The highest BCUT2D eigenvalue weighted by molar-refractivity contribution is 5.96. The molecule has 0 aromatic rings. The second-order valence-corrected chi connectivity index (χ2v) is 3.31. The molecule has 0 unspecified atom stereocenters. The number of hydrogen-bond donors (Lipinski definition) is 2. The topological polar surface area (TPSA) is 89.4 Å². The molecule has 4 N–H and O–H groups in total. The molecule has 0 aliphatic heterocycles. The third-order valence-electron chi connectivity index (χ3n) is 2.09. The number of carbonyl (C=O) groups is 2. The lowest BCUT2D eigenvalue weighted by Gasteiger charge is -2.17. The van der Waals surface area contributed by atoms with E-state index in [4.69, 9.17) is 11.5 Å². The van der Waals surface area contributed by atoms with E-state index in [1.165, 1.54) is 14.0 Å². The second-order valence-electron chi connectivity index (χ2n) is 3.31. The van der Waals surface area contributed by atoms with Crippen molar-refractivity contribution in [3.63, 3.8) is 0 Å². The third-order valence-corrected chi connectivity index (χ3v) is 2.09. The monoisotopic (exact) mass is 201 g/mol. The smallest absolute Gasteiger partial charge is 0.245 e. The van der Waals surface area contributed by atoms with Crippen molar-refractivity contribution in [3.05, 3.63) is 0 Å². The summed E-state index contributed by atoms with van der Waals surface area (Å²) in [6.07, 6.45) is 2.24. The molecule has 0 spiro atoms. The molecule has 5 nitrogen and oxygen atoms in total. The standard InChI is InChI=1S/C9H19N3O2/c1-7(13)12(2)9(14)8(11)5-3-4-6-10/h8H,3-6,10-11H2,1-2H3/t8-/m0/s1. The summed E-state index contributed by atoms with van der Waals surface area (Å²) >= 11 is 0. The summed E-state index contributed by atoms with van der Waals surface area (Å²) in [7, 11) is 1.44. The van der Waals surface area contributed by atoms with Gasteiger partial charge in [-0.3, -0.25) is 14.5 Å². The normalized spacial score (nSPS) is 12.3. The minimum Gasteiger partial charge on any atom is -0.330 e. The van der Waals surface area contributed by atoms with Crippen LogP contribution in [-0.2, 0) is 9.59 Å². The van der Waals surface area contributed by atoms with Gasteiger partial charge in [0.15, 0.2) is 0 Å². The fourth-order valence-electron chi connectivity index (χ4n) is 1.04. The van der Waals surface area contributed by atoms with Crippen LogP contribution in [0.3, 0.4) is 0 Å². The number of likely N-dealkylation sites (N-methyl/N-ethyl adjacent to an activating group) is 1. The highest BCUT2D eigenvalue weighted by atomic mass is 16.2. The molecule has 0 heterocycles. The van der Waals surface area contributed by atoms with Crippen LogP contribution in [0.25, 0.3) is 0 Å². The largest absolute Gasteiger partial charge is 0.330 e. The number of nitrogens with two attached hydrogens (primary N) is 2. The Kier molecular flexibility index (Phi) is 6.07. The molecule has 82 valence electrons. The highest BCUT2D eigenvalue weighted by Crippen LogP contribution is 2.01. The Morgan fingerprint density at radius 2 is 1.93 bits per heavy atom. The summed E-state index contributed by atoms with van der Waals surface area (Å²) in [6, 6.07) is -0.588. The summed E-state index contributed by atoms with van der Waals surface area (Å²) in [4.78, 5) is 23.3. The minimum atomic E-state index is -0.588. The predicted octanol–water partition coefficient (Wildman–Crippen LogP) is -0.552. The molecule has 1 atom stereocenters. The van der Waals surface area contributed by atoms with Crippen LogP contribution in [0.15, 0.2) is 0 Å². The zero-order chi connectivity index (χ0) is 11.1. The Hall–Kier alpha value is -0.940. The van der Waals surface area contributed by atoms with Gasteiger partial charge >= 0.3 is 0 Å². The summed E-state index contributed by atoms with van der Waals surface area (Å²) in [5.41, 5.74) is 10.9. The maximum atomic E-state index is 11.4. The number of nitrogens with zero attached hydrogens (tertiary/aromatic N) is 1. The lowest BCUT2D eigenvalue weighted by atomic mass is 10.1. The van der Waals surface area contributed by atoms with Gasteiger partial charge in [0.05, 0.1) is 6.04 Å². The van der Waals surface area contributed by atoms with Gasteiger partial charge in [0, 0.05) is 14.0 Å². The lowest BCUT2D eigenvalue weighted by Crippen LogP contribution is -2.43. The summed E-state index contributed by atoms with van der Waals surface area (Å²) < 4.78 is 0. The van der Waals surface area contributed by atoms with Crippen molar-refractivity contribution < 1.29 is 9.59 Å². The van der Waals surface area contributed by atoms with E-state index >= 15 is 0 Å². The lowest BCUT2D eigenvalue weighted by molar-refractivity contribution is -0.142. The fourth-order valence-corrected chi connectivity index (χ4v) is 1.04.